The molecule has 0 aromatic heterocycles. The Morgan fingerprint density at radius 1 is 1.21 bits per heavy atom. The molecule has 0 radical (unpaired) electrons. The number of hydrogen-bond acceptors (Lipinski definition) is 3. The summed E-state index contributed by atoms with van der Waals surface area (Å²) in [7, 11) is -5.17. The Morgan fingerprint density at radius 2 is 1.88 bits per heavy atom. The van der Waals surface area contributed by atoms with Gasteiger partial charge < -0.3 is 4.74 Å². The first kappa shape index (κ1) is 18.2. The number of alkyl halides is 3. The number of ether oxygens (including phenoxy) is 1. The molecule has 0 amide bonds. The summed E-state index contributed by atoms with van der Waals surface area (Å²) in [5.74, 6) is -0.919. The van der Waals surface area contributed by atoms with Gasteiger partial charge >= 0.3 is 5.51 Å². The molecule has 24 heavy (non-hydrogen) atoms. The molecule has 0 saturated carbocycles. The van der Waals surface area contributed by atoms with Crippen molar-refractivity contribution in [2.24, 2.45) is 5.14 Å². The first-order chi connectivity index (χ1) is 11.0. The van der Waals surface area contributed by atoms with Gasteiger partial charge in [-0.05, 0) is 30.3 Å². The lowest BCUT2D eigenvalue weighted by molar-refractivity contribution is -0.0419. The summed E-state index contributed by atoms with van der Waals surface area (Å²) in [5.41, 5.74) is -5.49. The second kappa shape index (κ2) is 6.39. The van der Waals surface area contributed by atoms with E-state index in [0.29, 0.717) is 0 Å². The van der Waals surface area contributed by atoms with Crippen molar-refractivity contribution in [3.63, 3.8) is 0 Å². The maximum atomic E-state index is 13.3. The van der Waals surface area contributed by atoms with Gasteiger partial charge in [-0.2, -0.15) is 18.4 Å². The summed E-state index contributed by atoms with van der Waals surface area (Å²) < 4.78 is 68.4. The zero-order valence-electron chi connectivity index (χ0n) is 11.6. The predicted octanol–water partition coefficient (Wildman–Crippen LogP) is 3.91. The molecule has 2 N–H and O–H groups in total. The molecular weight excluding hydrogens is 372 g/mol. The molecule has 0 heterocycles. The summed E-state index contributed by atoms with van der Waals surface area (Å²) in [4.78, 5) is -0.740. The van der Waals surface area contributed by atoms with Crippen molar-refractivity contribution in [1.29, 1.82) is 5.26 Å². The van der Waals surface area contributed by atoms with E-state index in [1.807, 2.05) is 0 Å². The van der Waals surface area contributed by atoms with Gasteiger partial charge in [0.15, 0.2) is 0 Å². The van der Waals surface area contributed by atoms with Gasteiger partial charge in [-0.25, -0.2) is 4.39 Å². The minimum Gasteiger partial charge on any atom is -0.456 e. The molecule has 0 spiro atoms. The van der Waals surface area contributed by atoms with Gasteiger partial charge in [-0.15, -0.1) is 0 Å². The standard InChI is InChI=1S/C14H9ClF4N2O2S/c15-9-4-10(16)6-11(5-9)23-13-2-1-12(3-8(13)7-20)24(21,22)14(17,18)19/h1-6,24H,(H2,21,22). The molecule has 128 valence electrons. The molecule has 2 aromatic carbocycles. The van der Waals surface area contributed by atoms with Crippen LogP contribution in [0.15, 0.2) is 41.3 Å². The van der Waals surface area contributed by atoms with E-state index in [9.17, 15) is 21.8 Å². The smallest absolute Gasteiger partial charge is 0.456 e. The zero-order valence-corrected chi connectivity index (χ0v) is 13.3. The van der Waals surface area contributed by atoms with Crippen molar-refractivity contribution in [3.05, 3.63) is 52.8 Å². The molecule has 0 unspecified atom stereocenters. The molecule has 0 aliphatic rings. The van der Waals surface area contributed by atoms with E-state index in [-0.39, 0.29) is 22.1 Å². The molecule has 0 bridgehead atoms. The largest absolute Gasteiger partial charge is 0.464 e. The third-order valence-electron chi connectivity index (χ3n) is 2.91. The second-order valence-corrected chi connectivity index (χ2v) is 7.40. The molecule has 0 fully saturated rings. The van der Waals surface area contributed by atoms with Crippen LogP contribution in [0.4, 0.5) is 17.6 Å². The van der Waals surface area contributed by atoms with E-state index in [2.05, 4.69) is 0 Å². The first-order valence-electron chi connectivity index (χ1n) is 6.18. The number of nitriles is 1. The minimum absolute atomic E-state index is 0.0312. The average molecular weight is 381 g/mol. The highest BCUT2D eigenvalue weighted by Gasteiger charge is 2.44. The van der Waals surface area contributed by atoms with E-state index < -0.39 is 26.3 Å². The SMILES string of the molecule is N#Cc1cc([SH](N)(=O)C(F)(F)F)ccc1Oc1cc(F)cc(Cl)c1. The first-order valence-corrected chi connectivity index (χ1v) is 8.34. The van der Waals surface area contributed by atoms with E-state index in [1.54, 1.807) is 6.07 Å². The minimum atomic E-state index is -5.17. The highest BCUT2D eigenvalue weighted by atomic mass is 35.5. The van der Waals surface area contributed by atoms with Gasteiger partial charge in [0.1, 0.15) is 23.4 Å². The van der Waals surface area contributed by atoms with Gasteiger partial charge in [-0.3, -0.25) is 9.35 Å². The molecular formula is C14H9ClF4N2O2S. The molecule has 0 atom stereocenters. The predicted molar refractivity (Wildman–Crippen MR) is 80.7 cm³/mol. The van der Waals surface area contributed by atoms with Crippen molar-refractivity contribution in [2.45, 2.75) is 10.4 Å². The van der Waals surface area contributed by atoms with Gasteiger partial charge in [0, 0.05) is 16.0 Å². The maximum Gasteiger partial charge on any atom is 0.464 e. The molecule has 2 rings (SSSR count). The number of nitrogens with zero attached hydrogens (tertiary/aromatic N) is 1. The molecule has 10 heteroatoms. The van der Waals surface area contributed by atoms with Crippen LogP contribution in [0, 0.1) is 17.1 Å². The van der Waals surface area contributed by atoms with Crippen LogP contribution in [0.25, 0.3) is 0 Å². The lowest BCUT2D eigenvalue weighted by atomic mass is 10.2. The molecule has 2 aromatic rings. The van der Waals surface area contributed by atoms with Gasteiger partial charge in [0.25, 0.3) is 0 Å². The van der Waals surface area contributed by atoms with Crippen LogP contribution in [0.5, 0.6) is 11.5 Å². The van der Waals surface area contributed by atoms with Crippen LogP contribution in [0.3, 0.4) is 0 Å². The van der Waals surface area contributed by atoms with Gasteiger partial charge in [0.05, 0.1) is 15.7 Å². The fourth-order valence-electron chi connectivity index (χ4n) is 1.76. The van der Waals surface area contributed by atoms with Crippen LogP contribution in [-0.2, 0) is 10.1 Å². The zero-order chi connectivity index (χ0) is 18.1. The van der Waals surface area contributed by atoms with Crippen molar-refractivity contribution in [1.82, 2.24) is 0 Å². The summed E-state index contributed by atoms with van der Waals surface area (Å²) in [6, 6.07) is 7.43. The summed E-state index contributed by atoms with van der Waals surface area (Å²) in [6.07, 6.45) is 0. The van der Waals surface area contributed by atoms with Crippen molar-refractivity contribution >= 4 is 21.7 Å². The van der Waals surface area contributed by atoms with E-state index in [0.717, 1.165) is 30.3 Å². The normalized spacial score (nSPS) is 12.5. The Morgan fingerprint density at radius 3 is 2.42 bits per heavy atom. The quantitative estimate of drug-likeness (QED) is 0.626. The van der Waals surface area contributed by atoms with Crippen molar-refractivity contribution in [3.8, 4) is 17.6 Å². The topological polar surface area (TPSA) is 76.1 Å². The van der Waals surface area contributed by atoms with Crippen LogP contribution in [-0.4, -0.2) is 9.72 Å². The number of nitrogens with two attached hydrogens (primary N) is 1. The Labute approximate surface area is 140 Å². The molecule has 4 nitrogen and oxygen atoms in total. The lowest BCUT2D eigenvalue weighted by Crippen LogP contribution is -2.39. The summed E-state index contributed by atoms with van der Waals surface area (Å²) in [5, 5.41) is 14.0. The highest BCUT2D eigenvalue weighted by Crippen LogP contribution is 2.36. The van der Waals surface area contributed by atoms with Crippen molar-refractivity contribution in [2.75, 3.05) is 0 Å². The number of halogens is 5. The molecule has 0 aliphatic carbocycles. The monoisotopic (exact) mass is 380 g/mol. The van der Waals surface area contributed by atoms with Crippen LogP contribution >= 0.6 is 11.6 Å². The summed E-state index contributed by atoms with van der Waals surface area (Å²) in [6.45, 7) is 0. The molecule has 0 saturated heterocycles. The summed E-state index contributed by atoms with van der Waals surface area (Å²) >= 11 is 5.66. The Kier molecular flexibility index (Phi) is 4.85. The number of thiol groups is 1. The number of rotatable bonds is 3. The Bertz CT molecular complexity index is 860. The third kappa shape index (κ3) is 3.67. The maximum absolute atomic E-state index is 13.3. The van der Waals surface area contributed by atoms with Crippen LogP contribution in [0.2, 0.25) is 5.02 Å². The number of hydrogen-bond donors (Lipinski definition) is 2. The van der Waals surface area contributed by atoms with Gasteiger partial charge in [-0.1, -0.05) is 11.6 Å². The third-order valence-corrected chi connectivity index (χ3v) is 4.92. The van der Waals surface area contributed by atoms with Crippen LogP contribution < -0.4 is 9.88 Å². The van der Waals surface area contributed by atoms with Gasteiger partial charge in [0.2, 0.25) is 0 Å². The van der Waals surface area contributed by atoms with Crippen LogP contribution in [0.1, 0.15) is 5.56 Å². The number of benzene rings is 2. The average Bonchev–Trinajstić information content (AvgIpc) is 2.45. The molecule has 0 aliphatic heterocycles. The van der Waals surface area contributed by atoms with E-state index in [1.165, 1.54) is 6.07 Å². The lowest BCUT2D eigenvalue weighted by Gasteiger charge is -2.22. The Hall–Kier alpha value is -2.15. The fourth-order valence-corrected chi connectivity index (χ4v) is 2.88. The van der Waals surface area contributed by atoms with E-state index in [4.69, 9.17) is 26.7 Å². The highest BCUT2D eigenvalue weighted by molar-refractivity contribution is 8.01. The van der Waals surface area contributed by atoms with E-state index >= 15 is 0 Å². The second-order valence-electron chi connectivity index (χ2n) is 4.63. The van der Waals surface area contributed by atoms with Crippen molar-refractivity contribution < 1.29 is 26.5 Å². The fraction of sp³-hybridized carbons (Fsp3) is 0.0714. The Balaban J connectivity index is 2.44.